The second kappa shape index (κ2) is 7.08. The molecule has 2 aliphatic heterocycles. The first-order valence-corrected chi connectivity index (χ1v) is 7.94. The van der Waals surface area contributed by atoms with Crippen LogP contribution in [0, 0.1) is 4.91 Å². The smallest absolute Gasteiger partial charge is 0.292 e. The van der Waals surface area contributed by atoms with Gasteiger partial charge in [0, 0.05) is 30.6 Å². The highest BCUT2D eigenvalue weighted by Gasteiger charge is 2.48. The minimum absolute atomic E-state index is 0.139. The van der Waals surface area contributed by atoms with E-state index in [1.165, 1.54) is 5.01 Å². The van der Waals surface area contributed by atoms with Crippen molar-refractivity contribution in [2.24, 2.45) is 5.29 Å². The number of ether oxygens (including phenoxy) is 1. The summed E-state index contributed by atoms with van der Waals surface area (Å²) in [7, 11) is 0. The van der Waals surface area contributed by atoms with E-state index in [2.05, 4.69) is 5.29 Å². The minimum atomic E-state index is -1.42. The molecule has 9 heteroatoms. The fourth-order valence-electron chi connectivity index (χ4n) is 3.33. The Balaban J connectivity index is 1.81. The van der Waals surface area contributed by atoms with Crippen LogP contribution >= 0.6 is 0 Å². The van der Waals surface area contributed by atoms with Crippen LogP contribution in [0.3, 0.4) is 0 Å². The largest absolute Gasteiger partial charge is 0.394 e. The number of nitroso groups, excluding NO2 is 1. The van der Waals surface area contributed by atoms with Crippen molar-refractivity contribution in [1.82, 2.24) is 5.01 Å². The van der Waals surface area contributed by atoms with Crippen LogP contribution in [0.25, 0.3) is 0 Å². The van der Waals surface area contributed by atoms with Gasteiger partial charge in [0.1, 0.15) is 18.3 Å². The van der Waals surface area contributed by atoms with Crippen molar-refractivity contribution in [3.05, 3.63) is 35.0 Å². The van der Waals surface area contributed by atoms with Crippen molar-refractivity contribution in [3.63, 3.8) is 0 Å². The fourth-order valence-corrected chi connectivity index (χ4v) is 3.33. The molecule has 6 atom stereocenters. The van der Waals surface area contributed by atoms with E-state index in [1.54, 1.807) is 23.0 Å². The molecule has 0 aliphatic carbocycles. The molecule has 24 heavy (non-hydrogen) atoms. The third-order valence-electron chi connectivity index (χ3n) is 4.76. The highest BCUT2D eigenvalue weighted by molar-refractivity contribution is 5.14. The molecule has 132 valence electrons. The van der Waals surface area contributed by atoms with E-state index in [0.717, 1.165) is 12.0 Å². The van der Waals surface area contributed by atoms with Crippen LogP contribution in [0.4, 0.5) is 0 Å². The Morgan fingerprint density at radius 3 is 2.75 bits per heavy atom. The van der Waals surface area contributed by atoms with Crippen LogP contribution in [-0.4, -0.2) is 69.5 Å². The molecular weight excluding hydrogens is 318 g/mol. The predicted octanol–water partition coefficient (Wildman–Crippen LogP) is -1.58. The standard InChI is InChI=1S/C15H22N3O6/c19-8-11-12(20)13(21)14(22)15(24-11)17-4-1-2-9(6-17)10-3-5-18(7-10)16-23/h1-2,4,6,10-15,19-22H,3,5,7-8H2/q+1/t10-,11+,12+,13-,14+,15-/m0/s1. The molecular formula is C15H22N3O6+. The predicted molar refractivity (Wildman–Crippen MR) is 80.4 cm³/mol. The lowest BCUT2D eigenvalue weighted by Gasteiger charge is -2.36. The minimum Gasteiger partial charge on any atom is -0.394 e. The van der Waals surface area contributed by atoms with Gasteiger partial charge in [-0.25, -0.2) is 0 Å². The molecule has 0 saturated carbocycles. The molecule has 1 aromatic heterocycles. The number of aromatic nitrogens is 1. The maximum Gasteiger partial charge on any atom is 0.292 e. The Labute approximate surface area is 138 Å². The normalized spacial score (nSPS) is 36.8. The van der Waals surface area contributed by atoms with E-state index >= 15 is 0 Å². The third kappa shape index (κ3) is 3.13. The summed E-state index contributed by atoms with van der Waals surface area (Å²) in [5, 5.41) is 43.7. The Kier molecular flexibility index (Phi) is 5.07. The quantitative estimate of drug-likeness (QED) is 0.385. The lowest BCUT2D eigenvalue weighted by atomic mass is 9.97. The number of rotatable bonds is 4. The molecule has 0 spiro atoms. The van der Waals surface area contributed by atoms with Gasteiger partial charge in [-0.1, -0.05) is 0 Å². The summed E-state index contributed by atoms with van der Waals surface area (Å²) in [6.45, 7) is 0.662. The first kappa shape index (κ1) is 17.2. The molecule has 2 saturated heterocycles. The van der Waals surface area contributed by atoms with Crippen molar-refractivity contribution < 1.29 is 29.7 Å². The van der Waals surface area contributed by atoms with Gasteiger partial charge in [-0.15, -0.1) is 4.91 Å². The molecule has 0 aromatic carbocycles. The second-order valence-corrected chi connectivity index (χ2v) is 6.28. The zero-order chi connectivity index (χ0) is 17.3. The Bertz CT molecular complexity index is 586. The van der Waals surface area contributed by atoms with E-state index in [1.807, 2.05) is 6.07 Å². The number of aliphatic hydroxyl groups excluding tert-OH is 4. The molecule has 2 aliphatic rings. The Morgan fingerprint density at radius 2 is 2.08 bits per heavy atom. The first-order valence-electron chi connectivity index (χ1n) is 7.94. The summed E-state index contributed by atoms with van der Waals surface area (Å²) in [6, 6.07) is 3.70. The van der Waals surface area contributed by atoms with Crippen molar-refractivity contribution >= 4 is 0 Å². The lowest BCUT2D eigenvalue weighted by molar-refractivity contribution is -0.778. The van der Waals surface area contributed by atoms with Crippen LogP contribution in [-0.2, 0) is 4.74 Å². The molecule has 3 rings (SSSR count). The van der Waals surface area contributed by atoms with Gasteiger partial charge < -0.3 is 25.2 Å². The van der Waals surface area contributed by atoms with Gasteiger partial charge in [-0.05, 0) is 12.5 Å². The molecule has 4 N–H and O–H groups in total. The topological polar surface area (TPSA) is 127 Å². The van der Waals surface area contributed by atoms with Gasteiger partial charge in [0.15, 0.2) is 18.5 Å². The third-order valence-corrected chi connectivity index (χ3v) is 4.76. The molecule has 9 nitrogen and oxygen atoms in total. The molecule has 0 radical (unpaired) electrons. The van der Waals surface area contributed by atoms with Crippen molar-refractivity contribution in [2.45, 2.75) is 43.0 Å². The fraction of sp³-hybridized carbons (Fsp3) is 0.667. The maximum atomic E-state index is 10.6. The van der Waals surface area contributed by atoms with E-state index in [0.29, 0.717) is 13.1 Å². The van der Waals surface area contributed by atoms with Crippen LogP contribution in [0.1, 0.15) is 24.1 Å². The van der Waals surface area contributed by atoms with Crippen molar-refractivity contribution in [3.8, 4) is 0 Å². The summed E-state index contributed by atoms with van der Waals surface area (Å²) < 4.78 is 7.16. The molecule has 3 heterocycles. The monoisotopic (exact) mass is 340 g/mol. The summed E-state index contributed by atoms with van der Waals surface area (Å²) in [5.74, 6) is 0.139. The van der Waals surface area contributed by atoms with Gasteiger partial charge in [0.2, 0.25) is 0 Å². The van der Waals surface area contributed by atoms with Crippen molar-refractivity contribution in [1.29, 1.82) is 0 Å². The van der Waals surface area contributed by atoms with Gasteiger partial charge in [-0.2, -0.15) is 4.57 Å². The molecule has 0 amide bonds. The van der Waals surface area contributed by atoms with Gasteiger partial charge in [-0.3, -0.25) is 5.01 Å². The molecule has 0 unspecified atom stereocenters. The number of nitrogens with zero attached hydrogens (tertiary/aromatic N) is 3. The molecule has 2 fully saturated rings. The summed E-state index contributed by atoms with van der Waals surface area (Å²) >= 11 is 0. The summed E-state index contributed by atoms with van der Waals surface area (Å²) in [5.41, 5.74) is 0.959. The summed E-state index contributed by atoms with van der Waals surface area (Å²) in [4.78, 5) is 10.6. The average molecular weight is 340 g/mol. The second-order valence-electron chi connectivity index (χ2n) is 6.28. The maximum absolute atomic E-state index is 10.6. The highest BCUT2D eigenvalue weighted by Crippen LogP contribution is 2.28. The Hall–Kier alpha value is -1.65. The lowest BCUT2D eigenvalue weighted by Crippen LogP contribution is -2.62. The van der Waals surface area contributed by atoms with E-state index < -0.39 is 37.3 Å². The Morgan fingerprint density at radius 1 is 1.29 bits per heavy atom. The summed E-state index contributed by atoms with van der Waals surface area (Å²) in [6.07, 6.45) is -1.75. The van der Waals surface area contributed by atoms with Gasteiger partial charge >= 0.3 is 0 Å². The van der Waals surface area contributed by atoms with Crippen LogP contribution in [0.15, 0.2) is 29.8 Å². The number of aliphatic hydroxyl groups is 4. The number of hydrogen-bond acceptors (Lipinski definition) is 7. The van der Waals surface area contributed by atoms with Crippen molar-refractivity contribution in [2.75, 3.05) is 19.7 Å². The number of pyridine rings is 1. The first-order chi connectivity index (χ1) is 11.5. The SMILES string of the molecule is O=NN1CC[C@H](c2ccc[n+]([C@H]3O[C@H](CO)[C@@H](O)[C@H](O)[C@H]3O)c2)C1. The van der Waals surface area contributed by atoms with Crippen LogP contribution < -0.4 is 4.57 Å². The zero-order valence-corrected chi connectivity index (χ0v) is 13.0. The van der Waals surface area contributed by atoms with Gasteiger partial charge in [0.05, 0.1) is 11.9 Å². The number of hydrogen-bond donors (Lipinski definition) is 4. The van der Waals surface area contributed by atoms with E-state index in [9.17, 15) is 25.3 Å². The molecule has 0 bridgehead atoms. The average Bonchev–Trinajstić information content (AvgIpc) is 3.09. The van der Waals surface area contributed by atoms with Crippen LogP contribution in [0.5, 0.6) is 0 Å². The molecule has 1 aromatic rings. The highest BCUT2D eigenvalue weighted by atomic mass is 16.6. The van der Waals surface area contributed by atoms with Gasteiger partial charge in [0.25, 0.3) is 6.23 Å². The zero-order valence-electron chi connectivity index (χ0n) is 13.0. The van der Waals surface area contributed by atoms with E-state index in [4.69, 9.17) is 4.74 Å². The van der Waals surface area contributed by atoms with E-state index in [-0.39, 0.29) is 5.92 Å². The van der Waals surface area contributed by atoms with Crippen LogP contribution in [0.2, 0.25) is 0 Å².